The maximum absolute atomic E-state index is 10.9. The van der Waals surface area contributed by atoms with Crippen molar-refractivity contribution in [1.82, 2.24) is 9.36 Å². The summed E-state index contributed by atoms with van der Waals surface area (Å²) in [4.78, 5) is 15.2. The molecule has 0 aliphatic carbocycles. The van der Waals surface area contributed by atoms with Crippen molar-refractivity contribution >= 4 is 17.5 Å². The van der Waals surface area contributed by atoms with E-state index in [1.54, 1.807) is 12.1 Å². The highest BCUT2D eigenvalue weighted by atomic mass is 32.1. The van der Waals surface area contributed by atoms with Gasteiger partial charge in [0.1, 0.15) is 11.6 Å². The fraction of sp³-hybridized carbons (Fsp3) is 0.308. The fourth-order valence-corrected chi connectivity index (χ4v) is 2.13. The van der Waals surface area contributed by atoms with Crippen LogP contribution in [0, 0.1) is 6.92 Å². The van der Waals surface area contributed by atoms with E-state index in [1.807, 2.05) is 6.92 Å². The third-order valence-electron chi connectivity index (χ3n) is 2.56. The van der Waals surface area contributed by atoms with E-state index < -0.39 is 5.97 Å². The van der Waals surface area contributed by atoms with Crippen molar-refractivity contribution in [2.24, 2.45) is 0 Å². The zero-order valence-corrected chi connectivity index (χ0v) is 11.5. The Balaban J connectivity index is 2.21. The first-order chi connectivity index (χ1) is 9.10. The van der Waals surface area contributed by atoms with Crippen LogP contribution in [0.4, 0.5) is 0 Å². The SMILES string of the molecule is CCCc1nsc(Oc2cc(C(=O)O)ccc2C)n1. The van der Waals surface area contributed by atoms with Crippen LogP contribution in [0.15, 0.2) is 18.2 Å². The van der Waals surface area contributed by atoms with E-state index in [9.17, 15) is 4.79 Å². The molecule has 0 unspecified atom stereocenters. The summed E-state index contributed by atoms with van der Waals surface area (Å²) in [5.41, 5.74) is 1.05. The number of carbonyl (C=O) groups is 1. The van der Waals surface area contributed by atoms with E-state index in [2.05, 4.69) is 16.3 Å². The van der Waals surface area contributed by atoms with Gasteiger partial charge in [0.2, 0.25) is 0 Å². The smallest absolute Gasteiger partial charge is 0.335 e. The van der Waals surface area contributed by atoms with Crippen LogP contribution in [0.1, 0.15) is 35.1 Å². The van der Waals surface area contributed by atoms with E-state index in [4.69, 9.17) is 9.84 Å². The quantitative estimate of drug-likeness (QED) is 0.908. The van der Waals surface area contributed by atoms with Crippen molar-refractivity contribution in [3.8, 4) is 10.9 Å². The average molecular weight is 278 g/mol. The van der Waals surface area contributed by atoms with Gasteiger partial charge in [0.25, 0.3) is 5.19 Å². The van der Waals surface area contributed by atoms with Gasteiger partial charge in [0, 0.05) is 18.0 Å². The van der Waals surface area contributed by atoms with E-state index in [1.165, 1.54) is 17.6 Å². The Morgan fingerprint density at radius 2 is 2.26 bits per heavy atom. The molecule has 2 rings (SSSR count). The van der Waals surface area contributed by atoms with Gasteiger partial charge in [-0.2, -0.15) is 9.36 Å². The molecule has 1 aromatic carbocycles. The first kappa shape index (κ1) is 13.5. The van der Waals surface area contributed by atoms with Crippen molar-refractivity contribution in [1.29, 1.82) is 0 Å². The van der Waals surface area contributed by atoms with Gasteiger partial charge in [0.05, 0.1) is 5.56 Å². The molecule has 0 atom stereocenters. The minimum atomic E-state index is -0.978. The number of aromatic carboxylic acids is 1. The summed E-state index contributed by atoms with van der Waals surface area (Å²) in [5, 5.41) is 9.40. The maximum Gasteiger partial charge on any atom is 0.335 e. The number of carboxylic acid groups (broad SMARTS) is 1. The molecule has 19 heavy (non-hydrogen) atoms. The molecule has 0 aliphatic heterocycles. The van der Waals surface area contributed by atoms with Crippen LogP contribution in [0.3, 0.4) is 0 Å². The Morgan fingerprint density at radius 3 is 2.95 bits per heavy atom. The second kappa shape index (κ2) is 5.79. The number of ether oxygens (including phenoxy) is 1. The Kier molecular flexibility index (Phi) is 4.11. The molecule has 0 saturated heterocycles. The third-order valence-corrected chi connectivity index (χ3v) is 3.19. The maximum atomic E-state index is 10.9. The number of benzene rings is 1. The first-order valence-electron chi connectivity index (χ1n) is 5.94. The number of hydrogen-bond acceptors (Lipinski definition) is 5. The monoisotopic (exact) mass is 278 g/mol. The minimum absolute atomic E-state index is 0.193. The standard InChI is InChI=1S/C13H14N2O3S/c1-3-4-11-14-13(19-15-11)18-10-7-9(12(16)17)6-5-8(10)2/h5-7H,3-4H2,1-2H3,(H,16,17). The van der Waals surface area contributed by atoms with Crippen LogP contribution in [0.25, 0.3) is 0 Å². The molecule has 5 nitrogen and oxygen atoms in total. The predicted octanol–water partition coefficient (Wildman–Crippen LogP) is 3.29. The second-order valence-electron chi connectivity index (χ2n) is 4.11. The lowest BCUT2D eigenvalue weighted by Gasteiger charge is -2.06. The molecule has 0 bridgehead atoms. The highest BCUT2D eigenvalue weighted by molar-refractivity contribution is 7.07. The molecule has 0 fully saturated rings. The zero-order chi connectivity index (χ0) is 13.8. The number of hydrogen-bond donors (Lipinski definition) is 1. The zero-order valence-electron chi connectivity index (χ0n) is 10.7. The van der Waals surface area contributed by atoms with Gasteiger partial charge in [-0.05, 0) is 31.0 Å². The van der Waals surface area contributed by atoms with Gasteiger partial charge < -0.3 is 9.84 Å². The number of aromatic nitrogens is 2. The van der Waals surface area contributed by atoms with Gasteiger partial charge in [-0.15, -0.1) is 0 Å². The van der Waals surface area contributed by atoms with Crippen LogP contribution in [0.2, 0.25) is 0 Å². The van der Waals surface area contributed by atoms with Crippen LogP contribution < -0.4 is 4.74 Å². The van der Waals surface area contributed by atoms with E-state index in [-0.39, 0.29) is 5.56 Å². The number of rotatable bonds is 5. The normalized spacial score (nSPS) is 10.4. The number of carboxylic acids is 1. The third kappa shape index (κ3) is 3.29. The van der Waals surface area contributed by atoms with E-state index >= 15 is 0 Å². The Hall–Kier alpha value is -1.95. The molecule has 1 aromatic heterocycles. The fourth-order valence-electron chi connectivity index (χ4n) is 1.54. The summed E-state index contributed by atoms with van der Waals surface area (Å²) in [6, 6.07) is 4.76. The van der Waals surface area contributed by atoms with Crippen LogP contribution in [-0.2, 0) is 6.42 Å². The Bertz CT molecular complexity index is 595. The summed E-state index contributed by atoms with van der Waals surface area (Å²) >= 11 is 1.18. The number of nitrogens with zero attached hydrogens (tertiary/aromatic N) is 2. The lowest BCUT2D eigenvalue weighted by Crippen LogP contribution is -1.97. The molecule has 0 amide bonds. The number of aryl methyl sites for hydroxylation is 2. The van der Waals surface area contributed by atoms with Crippen molar-refractivity contribution < 1.29 is 14.6 Å². The minimum Gasteiger partial charge on any atom is -0.478 e. The molecule has 0 radical (unpaired) electrons. The molecule has 6 heteroatoms. The summed E-state index contributed by atoms with van der Waals surface area (Å²) in [6.45, 7) is 3.91. The molecular weight excluding hydrogens is 264 g/mol. The first-order valence-corrected chi connectivity index (χ1v) is 6.72. The molecular formula is C13H14N2O3S. The van der Waals surface area contributed by atoms with E-state index in [0.29, 0.717) is 10.9 Å². The predicted molar refractivity (Wildman–Crippen MR) is 72.1 cm³/mol. The summed E-state index contributed by atoms with van der Waals surface area (Å²) in [6.07, 6.45) is 1.79. The lowest BCUT2D eigenvalue weighted by atomic mass is 10.1. The van der Waals surface area contributed by atoms with Crippen LogP contribution in [0.5, 0.6) is 10.9 Å². The van der Waals surface area contributed by atoms with Crippen LogP contribution >= 0.6 is 11.5 Å². The lowest BCUT2D eigenvalue weighted by molar-refractivity contribution is 0.0696. The van der Waals surface area contributed by atoms with Gasteiger partial charge in [-0.1, -0.05) is 13.0 Å². The van der Waals surface area contributed by atoms with Gasteiger partial charge >= 0.3 is 5.97 Å². The van der Waals surface area contributed by atoms with Crippen molar-refractivity contribution in [3.63, 3.8) is 0 Å². The molecule has 0 saturated carbocycles. The highest BCUT2D eigenvalue weighted by Gasteiger charge is 2.10. The highest BCUT2D eigenvalue weighted by Crippen LogP contribution is 2.27. The molecule has 0 spiro atoms. The molecule has 0 aliphatic rings. The van der Waals surface area contributed by atoms with Crippen molar-refractivity contribution in [2.75, 3.05) is 0 Å². The second-order valence-corrected chi connectivity index (χ2v) is 4.83. The van der Waals surface area contributed by atoms with Crippen LogP contribution in [-0.4, -0.2) is 20.4 Å². The summed E-state index contributed by atoms with van der Waals surface area (Å²) in [7, 11) is 0. The van der Waals surface area contributed by atoms with Crippen molar-refractivity contribution in [3.05, 3.63) is 35.2 Å². The van der Waals surface area contributed by atoms with Crippen molar-refractivity contribution in [2.45, 2.75) is 26.7 Å². The molecule has 1 N–H and O–H groups in total. The average Bonchev–Trinajstić information content (AvgIpc) is 2.80. The van der Waals surface area contributed by atoms with Gasteiger partial charge in [-0.3, -0.25) is 0 Å². The molecule has 1 heterocycles. The Labute approximate surface area is 115 Å². The largest absolute Gasteiger partial charge is 0.478 e. The topological polar surface area (TPSA) is 72.3 Å². The summed E-state index contributed by atoms with van der Waals surface area (Å²) < 4.78 is 9.79. The molecule has 100 valence electrons. The summed E-state index contributed by atoms with van der Waals surface area (Å²) in [5.74, 6) is 0.280. The van der Waals surface area contributed by atoms with Gasteiger partial charge in [-0.25, -0.2) is 4.79 Å². The molecule has 2 aromatic rings. The van der Waals surface area contributed by atoms with E-state index in [0.717, 1.165) is 24.2 Å². The Morgan fingerprint density at radius 1 is 1.47 bits per heavy atom. The van der Waals surface area contributed by atoms with Gasteiger partial charge in [0.15, 0.2) is 0 Å².